The van der Waals surface area contributed by atoms with Crippen molar-refractivity contribution in [1.29, 1.82) is 0 Å². The molecule has 2 heteroatoms. The summed E-state index contributed by atoms with van der Waals surface area (Å²) >= 11 is 0. The molecule has 0 aromatic heterocycles. The summed E-state index contributed by atoms with van der Waals surface area (Å²) in [6.07, 6.45) is 4.01. The second kappa shape index (κ2) is 6.95. The lowest BCUT2D eigenvalue weighted by Crippen LogP contribution is -2.46. The molecule has 0 N–H and O–H groups in total. The van der Waals surface area contributed by atoms with Gasteiger partial charge < -0.3 is 4.43 Å². The van der Waals surface area contributed by atoms with Gasteiger partial charge in [0.05, 0.1) is 6.26 Å². The second-order valence-electron chi connectivity index (χ2n) is 6.15. The molecule has 0 atom stereocenters. The van der Waals surface area contributed by atoms with Crippen LogP contribution >= 0.6 is 0 Å². The van der Waals surface area contributed by atoms with E-state index in [-0.39, 0.29) is 0 Å². The van der Waals surface area contributed by atoms with E-state index in [0.717, 1.165) is 0 Å². The highest BCUT2D eigenvalue weighted by atomic mass is 28.4. The molecule has 0 radical (unpaired) electrons. The van der Waals surface area contributed by atoms with E-state index in [2.05, 4.69) is 71.9 Å². The first-order chi connectivity index (χ1) is 8.91. The third-order valence-electron chi connectivity index (χ3n) is 4.04. The molecule has 0 bridgehead atoms. The molecule has 1 rings (SSSR count). The normalized spacial score (nSPS) is 12.9. The minimum atomic E-state index is -1.77. The predicted molar refractivity (Wildman–Crippen MR) is 87.6 cm³/mol. The van der Waals surface area contributed by atoms with Crippen molar-refractivity contribution >= 4 is 14.4 Å². The largest absolute Gasteiger partial charge is 0.548 e. The Balaban J connectivity index is 2.88. The van der Waals surface area contributed by atoms with Gasteiger partial charge in [-0.1, -0.05) is 71.9 Å². The zero-order valence-electron chi connectivity index (χ0n) is 13.2. The fourth-order valence-corrected chi connectivity index (χ4v) is 8.32. The first-order valence-corrected chi connectivity index (χ1v) is 9.44. The number of rotatable bonds is 6. The average molecular weight is 276 g/mol. The highest BCUT2D eigenvalue weighted by Gasteiger charge is 2.46. The van der Waals surface area contributed by atoms with E-state index in [1.807, 2.05) is 12.3 Å². The van der Waals surface area contributed by atoms with Crippen LogP contribution < -0.4 is 0 Å². The van der Waals surface area contributed by atoms with Crippen LogP contribution in [0.15, 0.2) is 36.6 Å². The van der Waals surface area contributed by atoms with Crippen molar-refractivity contribution in [3.8, 4) is 0 Å². The minimum Gasteiger partial charge on any atom is -0.548 e. The Bertz CT molecular complexity index is 371. The van der Waals surface area contributed by atoms with Gasteiger partial charge in [0.25, 0.3) is 8.32 Å². The van der Waals surface area contributed by atoms with E-state index in [4.69, 9.17) is 4.43 Å². The van der Waals surface area contributed by atoms with Crippen molar-refractivity contribution in [3.05, 3.63) is 42.2 Å². The summed E-state index contributed by atoms with van der Waals surface area (Å²) in [5, 5.41) is 0. The van der Waals surface area contributed by atoms with Crippen molar-refractivity contribution in [2.75, 3.05) is 0 Å². The Morgan fingerprint density at radius 2 is 1.32 bits per heavy atom. The molecule has 19 heavy (non-hydrogen) atoms. The molecular weight excluding hydrogens is 248 g/mol. The van der Waals surface area contributed by atoms with Crippen LogP contribution in [-0.2, 0) is 4.43 Å². The maximum Gasteiger partial charge on any atom is 0.257 e. The van der Waals surface area contributed by atoms with Gasteiger partial charge in [-0.15, -0.1) is 0 Å². The smallest absolute Gasteiger partial charge is 0.257 e. The summed E-state index contributed by atoms with van der Waals surface area (Å²) in [5.74, 6) is 0. The molecule has 0 aliphatic rings. The number of hydrogen-bond acceptors (Lipinski definition) is 1. The van der Waals surface area contributed by atoms with E-state index < -0.39 is 8.32 Å². The van der Waals surface area contributed by atoms with Crippen LogP contribution in [0.1, 0.15) is 47.1 Å². The SMILES string of the molecule is CC(C)[Si](OC=Cc1ccccc1)(C(C)C)C(C)C. The van der Waals surface area contributed by atoms with Crippen LogP contribution in [0, 0.1) is 0 Å². The number of hydrogen-bond donors (Lipinski definition) is 0. The Morgan fingerprint density at radius 3 is 1.74 bits per heavy atom. The van der Waals surface area contributed by atoms with E-state index in [0.29, 0.717) is 16.6 Å². The Hall–Kier alpha value is -1.02. The van der Waals surface area contributed by atoms with Crippen molar-refractivity contribution < 1.29 is 4.43 Å². The lowest BCUT2D eigenvalue weighted by atomic mass is 10.2. The average Bonchev–Trinajstić information content (AvgIpc) is 2.34. The highest BCUT2D eigenvalue weighted by molar-refractivity contribution is 6.77. The van der Waals surface area contributed by atoms with Crippen LogP contribution in [0.4, 0.5) is 0 Å². The zero-order chi connectivity index (χ0) is 14.5. The van der Waals surface area contributed by atoms with E-state index in [1.54, 1.807) is 0 Å². The molecule has 0 fully saturated rings. The van der Waals surface area contributed by atoms with Gasteiger partial charge in [0.15, 0.2) is 0 Å². The highest BCUT2D eigenvalue weighted by Crippen LogP contribution is 2.42. The quantitative estimate of drug-likeness (QED) is 0.468. The first-order valence-electron chi connectivity index (χ1n) is 7.30. The van der Waals surface area contributed by atoms with Gasteiger partial charge >= 0.3 is 0 Å². The molecule has 0 unspecified atom stereocenters. The van der Waals surface area contributed by atoms with Crippen molar-refractivity contribution in [2.45, 2.75) is 58.2 Å². The standard InChI is InChI=1S/C17H28OSi/c1-14(2)19(15(3)4,16(5)6)18-13-12-17-10-8-7-9-11-17/h7-16H,1-6H3. The first kappa shape index (κ1) is 16.0. The van der Waals surface area contributed by atoms with Crippen LogP contribution in [0.3, 0.4) is 0 Å². The van der Waals surface area contributed by atoms with Crippen LogP contribution in [0.25, 0.3) is 6.08 Å². The molecule has 1 aromatic carbocycles. The molecule has 106 valence electrons. The molecule has 1 nitrogen and oxygen atoms in total. The fourth-order valence-electron chi connectivity index (χ4n) is 3.20. The predicted octanol–water partition coefficient (Wildman–Crippen LogP) is 5.85. The van der Waals surface area contributed by atoms with Gasteiger partial charge in [-0.05, 0) is 28.3 Å². The third kappa shape index (κ3) is 3.72. The van der Waals surface area contributed by atoms with Gasteiger partial charge in [-0.3, -0.25) is 0 Å². The van der Waals surface area contributed by atoms with Gasteiger partial charge in [0, 0.05) is 0 Å². The minimum absolute atomic E-state index is 0.618. The second-order valence-corrected chi connectivity index (χ2v) is 11.6. The monoisotopic (exact) mass is 276 g/mol. The summed E-state index contributed by atoms with van der Waals surface area (Å²) in [6, 6.07) is 10.3. The van der Waals surface area contributed by atoms with Crippen molar-refractivity contribution in [3.63, 3.8) is 0 Å². The molecule has 1 aromatic rings. The van der Waals surface area contributed by atoms with Gasteiger partial charge in [-0.25, -0.2) is 0 Å². The maximum absolute atomic E-state index is 6.38. The summed E-state index contributed by atoms with van der Waals surface area (Å²) in [4.78, 5) is 0. The van der Waals surface area contributed by atoms with Crippen LogP contribution in [0.2, 0.25) is 16.6 Å². The fraction of sp³-hybridized carbons (Fsp3) is 0.529. The van der Waals surface area contributed by atoms with E-state index in [1.165, 1.54) is 5.56 Å². The summed E-state index contributed by atoms with van der Waals surface area (Å²) in [7, 11) is -1.77. The van der Waals surface area contributed by atoms with E-state index >= 15 is 0 Å². The Morgan fingerprint density at radius 1 is 0.842 bits per heavy atom. The van der Waals surface area contributed by atoms with Gasteiger partial charge in [-0.2, -0.15) is 0 Å². The van der Waals surface area contributed by atoms with Crippen LogP contribution in [-0.4, -0.2) is 8.32 Å². The van der Waals surface area contributed by atoms with Crippen molar-refractivity contribution in [2.24, 2.45) is 0 Å². The summed E-state index contributed by atoms with van der Waals surface area (Å²) in [6.45, 7) is 13.8. The lowest BCUT2D eigenvalue weighted by Gasteiger charge is -2.41. The third-order valence-corrected chi connectivity index (χ3v) is 10.00. The van der Waals surface area contributed by atoms with Gasteiger partial charge in [0.1, 0.15) is 0 Å². The van der Waals surface area contributed by atoms with E-state index in [9.17, 15) is 0 Å². The molecule has 0 spiro atoms. The molecule has 0 aliphatic heterocycles. The number of benzene rings is 1. The summed E-state index contributed by atoms with van der Waals surface area (Å²) in [5.41, 5.74) is 3.05. The molecule has 0 amide bonds. The zero-order valence-corrected chi connectivity index (χ0v) is 14.2. The topological polar surface area (TPSA) is 9.23 Å². The Labute approximate surface area is 119 Å². The molecule has 0 saturated carbocycles. The Kier molecular flexibility index (Phi) is 5.86. The molecular formula is C17H28OSi. The molecule has 0 aliphatic carbocycles. The maximum atomic E-state index is 6.38. The van der Waals surface area contributed by atoms with Crippen molar-refractivity contribution in [1.82, 2.24) is 0 Å². The lowest BCUT2D eigenvalue weighted by molar-refractivity contribution is 0.419. The molecule has 0 saturated heterocycles. The summed E-state index contributed by atoms with van der Waals surface area (Å²) < 4.78 is 6.38. The molecule has 0 heterocycles. The van der Waals surface area contributed by atoms with Crippen LogP contribution in [0.5, 0.6) is 0 Å². The van der Waals surface area contributed by atoms with Gasteiger partial charge in [0.2, 0.25) is 0 Å².